The number of rotatable bonds is 3. The van der Waals surface area contributed by atoms with Crippen molar-refractivity contribution >= 4 is 0 Å². The van der Waals surface area contributed by atoms with Crippen LogP contribution in [-0.2, 0) is 11.3 Å². The average molecular weight is 260 g/mol. The minimum Gasteiger partial charge on any atom is -0.375 e. The van der Waals surface area contributed by atoms with Crippen molar-refractivity contribution in [3.63, 3.8) is 0 Å². The second-order valence-electron chi connectivity index (χ2n) is 6.02. The molecule has 2 fully saturated rings. The first-order valence-electron chi connectivity index (χ1n) is 7.63. The van der Waals surface area contributed by atoms with Gasteiger partial charge in [-0.05, 0) is 37.3 Å². The fourth-order valence-electron chi connectivity index (χ4n) is 3.51. The quantitative estimate of drug-likeness (QED) is 0.907. The van der Waals surface area contributed by atoms with Crippen LogP contribution in [-0.4, -0.2) is 23.2 Å². The van der Waals surface area contributed by atoms with Crippen LogP contribution >= 0.6 is 0 Å². The zero-order valence-electron chi connectivity index (χ0n) is 11.6. The molecule has 1 atom stereocenters. The molecule has 3 heteroatoms. The largest absolute Gasteiger partial charge is 0.375 e. The third kappa shape index (κ3) is 3.34. The number of ether oxygens (including phenoxy) is 1. The molecule has 1 aromatic rings. The molecule has 1 saturated heterocycles. The lowest BCUT2D eigenvalue weighted by Gasteiger charge is -2.43. The number of nitrogens with zero attached hydrogens (tertiary/aromatic N) is 1. The predicted molar refractivity (Wildman–Crippen MR) is 75.9 cm³/mol. The van der Waals surface area contributed by atoms with Gasteiger partial charge in [-0.2, -0.15) is 0 Å². The molecule has 0 radical (unpaired) electrons. The maximum absolute atomic E-state index is 6.14. The van der Waals surface area contributed by atoms with E-state index in [1.165, 1.54) is 44.1 Å². The number of pyridine rings is 1. The molecule has 2 heterocycles. The van der Waals surface area contributed by atoms with Gasteiger partial charge in [-0.3, -0.25) is 4.98 Å². The molecule has 0 aromatic carbocycles. The minimum absolute atomic E-state index is 0.198. The van der Waals surface area contributed by atoms with Gasteiger partial charge in [0.05, 0.1) is 5.60 Å². The highest BCUT2D eigenvalue weighted by Crippen LogP contribution is 2.38. The molecule has 1 N–H and O–H groups in total. The molecule has 19 heavy (non-hydrogen) atoms. The number of hydrogen-bond donors (Lipinski definition) is 1. The van der Waals surface area contributed by atoms with Gasteiger partial charge in [-0.1, -0.05) is 25.3 Å². The topological polar surface area (TPSA) is 34.2 Å². The van der Waals surface area contributed by atoms with Gasteiger partial charge in [-0.15, -0.1) is 0 Å². The van der Waals surface area contributed by atoms with Gasteiger partial charge in [0.15, 0.2) is 0 Å². The van der Waals surface area contributed by atoms with E-state index in [-0.39, 0.29) is 5.60 Å². The van der Waals surface area contributed by atoms with E-state index in [0.29, 0.717) is 6.04 Å². The monoisotopic (exact) mass is 260 g/mol. The van der Waals surface area contributed by atoms with Gasteiger partial charge in [0.1, 0.15) is 0 Å². The summed E-state index contributed by atoms with van der Waals surface area (Å²) in [6.45, 7) is 1.85. The maximum atomic E-state index is 6.14. The van der Waals surface area contributed by atoms with Gasteiger partial charge < -0.3 is 10.1 Å². The summed E-state index contributed by atoms with van der Waals surface area (Å²) in [5, 5.41) is 3.69. The molecular formula is C16H24N2O. The zero-order valence-corrected chi connectivity index (χ0v) is 11.6. The Bertz CT molecular complexity index is 381. The lowest BCUT2D eigenvalue weighted by Crippen LogP contribution is -2.47. The summed E-state index contributed by atoms with van der Waals surface area (Å²) in [6.07, 6.45) is 12.7. The van der Waals surface area contributed by atoms with Crippen LogP contribution in [0.4, 0.5) is 0 Å². The fourth-order valence-corrected chi connectivity index (χ4v) is 3.51. The van der Waals surface area contributed by atoms with E-state index in [0.717, 1.165) is 19.6 Å². The van der Waals surface area contributed by atoms with Crippen LogP contribution in [0.3, 0.4) is 0 Å². The molecule has 104 valence electrons. The molecule has 1 unspecified atom stereocenters. The Labute approximate surface area is 115 Å². The van der Waals surface area contributed by atoms with Crippen molar-refractivity contribution < 1.29 is 4.74 Å². The maximum Gasteiger partial charge on any atom is 0.0697 e. The van der Waals surface area contributed by atoms with Gasteiger partial charge in [0.2, 0.25) is 0 Å². The Hall–Kier alpha value is -0.930. The van der Waals surface area contributed by atoms with Crippen molar-refractivity contribution in [1.82, 2.24) is 10.3 Å². The van der Waals surface area contributed by atoms with E-state index in [2.05, 4.69) is 16.4 Å². The third-order valence-electron chi connectivity index (χ3n) is 4.58. The third-order valence-corrected chi connectivity index (χ3v) is 4.58. The number of nitrogens with one attached hydrogen (secondary N) is 1. The summed E-state index contributed by atoms with van der Waals surface area (Å²) in [5.74, 6) is 0. The minimum atomic E-state index is 0.198. The van der Waals surface area contributed by atoms with Crippen molar-refractivity contribution in [2.45, 2.75) is 63.1 Å². The van der Waals surface area contributed by atoms with Crippen molar-refractivity contribution in [1.29, 1.82) is 0 Å². The second-order valence-corrected chi connectivity index (χ2v) is 6.02. The molecule has 1 aliphatic heterocycles. The van der Waals surface area contributed by atoms with Gasteiger partial charge in [0, 0.05) is 31.6 Å². The molecule has 1 aromatic heterocycles. The van der Waals surface area contributed by atoms with E-state index in [1.54, 1.807) is 0 Å². The van der Waals surface area contributed by atoms with Crippen molar-refractivity contribution in [3.05, 3.63) is 30.1 Å². The molecule has 1 spiro atoms. The summed E-state index contributed by atoms with van der Waals surface area (Å²) >= 11 is 0. The Morgan fingerprint density at radius 1 is 1.32 bits per heavy atom. The van der Waals surface area contributed by atoms with Crippen molar-refractivity contribution in [3.8, 4) is 0 Å². The molecule has 1 aliphatic carbocycles. The molecule has 3 rings (SSSR count). The summed E-state index contributed by atoms with van der Waals surface area (Å²) < 4.78 is 6.14. The van der Waals surface area contributed by atoms with E-state index in [4.69, 9.17) is 4.74 Å². The van der Waals surface area contributed by atoms with Crippen LogP contribution in [0, 0.1) is 0 Å². The summed E-state index contributed by atoms with van der Waals surface area (Å²) in [7, 11) is 0. The first-order valence-corrected chi connectivity index (χ1v) is 7.63. The first kappa shape index (κ1) is 13.1. The SMILES string of the molecule is c1cncc(CNC2CCOC3(CCCCC3)C2)c1. The standard InChI is InChI=1S/C16H24N2O/c1-2-7-16(8-3-1)11-15(6-10-19-16)18-13-14-5-4-9-17-12-14/h4-5,9,12,15,18H,1-3,6-8,10-11,13H2. The normalized spacial score (nSPS) is 26.4. The molecule has 0 bridgehead atoms. The summed E-state index contributed by atoms with van der Waals surface area (Å²) in [4.78, 5) is 4.17. The first-order chi connectivity index (χ1) is 9.36. The van der Waals surface area contributed by atoms with Crippen LogP contribution in [0.1, 0.15) is 50.5 Å². The van der Waals surface area contributed by atoms with Gasteiger partial charge in [0.25, 0.3) is 0 Å². The van der Waals surface area contributed by atoms with Crippen LogP contribution in [0.2, 0.25) is 0 Å². The van der Waals surface area contributed by atoms with Gasteiger partial charge in [-0.25, -0.2) is 0 Å². The summed E-state index contributed by atoms with van der Waals surface area (Å²) in [6, 6.07) is 4.74. The zero-order chi connectivity index (χ0) is 13.0. The molecule has 2 aliphatic rings. The Morgan fingerprint density at radius 2 is 2.21 bits per heavy atom. The van der Waals surface area contributed by atoms with Crippen LogP contribution in [0.5, 0.6) is 0 Å². The van der Waals surface area contributed by atoms with E-state index < -0.39 is 0 Å². The molecule has 0 amide bonds. The highest BCUT2D eigenvalue weighted by Gasteiger charge is 2.38. The Balaban J connectivity index is 1.53. The van der Waals surface area contributed by atoms with E-state index >= 15 is 0 Å². The lowest BCUT2D eigenvalue weighted by molar-refractivity contribution is -0.109. The molecular weight excluding hydrogens is 236 g/mol. The van der Waals surface area contributed by atoms with Crippen LogP contribution in [0.25, 0.3) is 0 Å². The highest BCUT2D eigenvalue weighted by atomic mass is 16.5. The number of aromatic nitrogens is 1. The average Bonchev–Trinajstić information content (AvgIpc) is 2.47. The highest BCUT2D eigenvalue weighted by molar-refractivity contribution is 5.08. The Kier molecular flexibility index (Phi) is 4.14. The van der Waals surface area contributed by atoms with Crippen LogP contribution in [0.15, 0.2) is 24.5 Å². The smallest absolute Gasteiger partial charge is 0.0697 e. The van der Waals surface area contributed by atoms with Gasteiger partial charge >= 0.3 is 0 Å². The fraction of sp³-hybridized carbons (Fsp3) is 0.688. The van der Waals surface area contributed by atoms with Crippen molar-refractivity contribution in [2.24, 2.45) is 0 Å². The van der Waals surface area contributed by atoms with E-state index in [1.807, 2.05) is 18.5 Å². The lowest BCUT2D eigenvalue weighted by atomic mass is 9.78. The Morgan fingerprint density at radius 3 is 3.00 bits per heavy atom. The second kappa shape index (κ2) is 6.02. The van der Waals surface area contributed by atoms with E-state index in [9.17, 15) is 0 Å². The number of hydrogen-bond acceptors (Lipinski definition) is 3. The molecule has 1 saturated carbocycles. The van der Waals surface area contributed by atoms with Crippen LogP contribution < -0.4 is 5.32 Å². The van der Waals surface area contributed by atoms with Crippen molar-refractivity contribution in [2.75, 3.05) is 6.61 Å². The predicted octanol–water partition coefficient (Wildman–Crippen LogP) is 3.05. The molecule has 3 nitrogen and oxygen atoms in total. The summed E-state index contributed by atoms with van der Waals surface area (Å²) in [5.41, 5.74) is 1.47.